The van der Waals surface area contributed by atoms with Crippen LogP contribution in [0.1, 0.15) is 76.3 Å². The van der Waals surface area contributed by atoms with Crippen molar-refractivity contribution in [2.75, 3.05) is 6.61 Å². The van der Waals surface area contributed by atoms with Crippen LogP contribution in [0.25, 0.3) is 0 Å². The summed E-state index contributed by atoms with van der Waals surface area (Å²) in [5.41, 5.74) is 2.36. The summed E-state index contributed by atoms with van der Waals surface area (Å²) < 4.78 is 12.4. The lowest BCUT2D eigenvalue weighted by molar-refractivity contribution is -0.120. The van der Waals surface area contributed by atoms with E-state index in [1.54, 1.807) is 0 Å². The van der Waals surface area contributed by atoms with Crippen LogP contribution in [0, 0.1) is 23.2 Å². The Hall–Kier alpha value is -3.00. The fourth-order valence-electron chi connectivity index (χ4n) is 4.77. The molecule has 0 spiro atoms. The highest BCUT2D eigenvalue weighted by Crippen LogP contribution is 2.34. The first-order valence-corrected chi connectivity index (χ1v) is 12.7. The van der Waals surface area contributed by atoms with E-state index in [0.717, 1.165) is 55.3 Å². The standard InChI is InChI=1S/C29H36N2O3/c1-21(31-29(32)15-16-30)25-11-13-26(14-12-25)34-28-8-4-6-24(19-28)17-23-5-2-3-7-27(18-23)33-20-22-9-10-22/h2-3,5,11-14,18,21-22,24,28H,4,6-10,15,17,19-20H2,1H3,(H,31,32). The zero-order chi connectivity index (χ0) is 23.8. The number of allylic oxidation sites excluding steroid dienone is 5. The van der Waals surface area contributed by atoms with Crippen LogP contribution in [-0.2, 0) is 9.53 Å². The molecule has 4 rings (SSSR count). The molecular formula is C29H36N2O3. The van der Waals surface area contributed by atoms with E-state index in [2.05, 4.69) is 29.6 Å². The number of carbonyl (C=O) groups excluding carboxylic acids is 1. The van der Waals surface area contributed by atoms with Crippen LogP contribution in [0.15, 0.2) is 59.9 Å². The molecule has 0 heterocycles. The lowest BCUT2D eigenvalue weighted by Gasteiger charge is -2.30. The predicted octanol–water partition coefficient (Wildman–Crippen LogP) is 6.30. The molecule has 3 unspecified atom stereocenters. The summed E-state index contributed by atoms with van der Waals surface area (Å²) >= 11 is 0. The number of benzene rings is 1. The summed E-state index contributed by atoms with van der Waals surface area (Å²) in [5.74, 6) is 3.12. The quantitative estimate of drug-likeness (QED) is 0.445. The molecule has 1 N–H and O–H groups in total. The summed E-state index contributed by atoms with van der Waals surface area (Å²) in [6.07, 6.45) is 18.2. The minimum absolute atomic E-state index is 0.119. The summed E-state index contributed by atoms with van der Waals surface area (Å²) in [5, 5.41) is 11.5. The molecule has 34 heavy (non-hydrogen) atoms. The third-order valence-corrected chi connectivity index (χ3v) is 6.87. The van der Waals surface area contributed by atoms with Gasteiger partial charge in [-0.3, -0.25) is 4.79 Å². The van der Waals surface area contributed by atoms with Crippen molar-refractivity contribution in [1.29, 1.82) is 5.26 Å². The normalized spacial score (nSPS) is 23.1. The van der Waals surface area contributed by atoms with E-state index in [9.17, 15) is 4.79 Å². The maximum atomic E-state index is 11.7. The lowest BCUT2D eigenvalue weighted by atomic mass is 9.83. The molecule has 2 saturated carbocycles. The minimum atomic E-state index is -0.251. The van der Waals surface area contributed by atoms with Crippen molar-refractivity contribution in [3.8, 4) is 11.8 Å². The zero-order valence-electron chi connectivity index (χ0n) is 20.2. The molecule has 1 aromatic carbocycles. The van der Waals surface area contributed by atoms with E-state index in [0.29, 0.717) is 5.92 Å². The van der Waals surface area contributed by atoms with Gasteiger partial charge in [-0.25, -0.2) is 0 Å². The van der Waals surface area contributed by atoms with Crippen molar-refractivity contribution >= 4 is 5.91 Å². The van der Waals surface area contributed by atoms with Gasteiger partial charge < -0.3 is 14.8 Å². The van der Waals surface area contributed by atoms with Gasteiger partial charge in [0.25, 0.3) is 0 Å². The van der Waals surface area contributed by atoms with Gasteiger partial charge in [0.1, 0.15) is 12.2 Å². The lowest BCUT2D eigenvalue weighted by Crippen LogP contribution is -2.26. The molecule has 180 valence electrons. The summed E-state index contributed by atoms with van der Waals surface area (Å²) in [6.45, 7) is 2.79. The molecule has 1 amide bonds. The number of rotatable bonds is 10. The fourth-order valence-corrected chi connectivity index (χ4v) is 4.77. The molecule has 0 aliphatic heterocycles. The number of amides is 1. The Bertz CT molecular complexity index is 966. The van der Waals surface area contributed by atoms with Crippen molar-refractivity contribution in [2.24, 2.45) is 11.8 Å². The number of ether oxygens (including phenoxy) is 2. The maximum absolute atomic E-state index is 11.7. The number of nitriles is 1. The molecule has 5 heteroatoms. The molecule has 2 fully saturated rings. The van der Waals surface area contributed by atoms with Crippen LogP contribution in [0.4, 0.5) is 0 Å². The SMILES string of the molecule is CC(NC(=O)CC#N)c1ccc(OC2CCCC(CC3=CC=CCC(OCC4CC4)=C3)C2)cc1. The third kappa shape index (κ3) is 7.52. The summed E-state index contributed by atoms with van der Waals surface area (Å²) in [6, 6.07) is 9.69. The van der Waals surface area contributed by atoms with Crippen molar-refractivity contribution < 1.29 is 14.3 Å². The number of hydrogen-bond donors (Lipinski definition) is 1. The molecule has 1 aromatic rings. The number of nitrogens with zero attached hydrogens (tertiary/aromatic N) is 1. The van der Waals surface area contributed by atoms with Gasteiger partial charge in [-0.1, -0.05) is 30.4 Å². The minimum Gasteiger partial charge on any atom is -0.497 e. The third-order valence-electron chi connectivity index (χ3n) is 6.87. The Labute approximate surface area is 203 Å². The fraction of sp³-hybridized carbons (Fsp3) is 0.517. The van der Waals surface area contributed by atoms with Crippen molar-refractivity contribution in [3.63, 3.8) is 0 Å². The monoisotopic (exact) mass is 460 g/mol. The van der Waals surface area contributed by atoms with Crippen LogP contribution < -0.4 is 10.1 Å². The summed E-state index contributed by atoms with van der Waals surface area (Å²) in [4.78, 5) is 11.7. The second-order valence-electron chi connectivity index (χ2n) is 9.91. The Balaban J connectivity index is 1.27. The molecule has 3 atom stereocenters. The molecule has 0 radical (unpaired) electrons. The van der Waals surface area contributed by atoms with Gasteiger partial charge in [0, 0.05) is 6.42 Å². The number of nitrogens with one attached hydrogen (secondary N) is 1. The Kier molecular flexibility index (Phi) is 8.46. The average molecular weight is 461 g/mol. The molecule has 0 saturated heterocycles. The van der Waals surface area contributed by atoms with Gasteiger partial charge in [0.15, 0.2) is 0 Å². The molecule has 0 aromatic heterocycles. The highest BCUT2D eigenvalue weighted by Gasteiger charge is 2.25. The van der Waals surface area contributed by atoms with E-state index in [4.69, 9.17) is 14.7 Å². The van der Waals surface area contributed by atoms with Crippen LogP contribution in [0.3, 0.4) is 0 Å². The van der Waals surface area contributed by atoms with E-state index < -0.39 is 0 Å². The number of hydrogen-bond acceptors (Lipinski definition) is 4. The molecule has 5 nitrogen and oxygen atoms in total. The Morgan fingerprint density at radius 2 is 2.00 bits per heavy atom. The Morgan fingerprint density at radius 3 is 2.76 bits per heavy atom. The van der Waals surface area contributed by atoms with Gasteiger partial charge in [0.05, 0.1) is 30.6 Å². The van der Waals surface area contributed by atoms with Gasteiger partial charge in [-0.2, -0.15) is 5.26 Å². The van der Waals surface area contributed by atoms with Gasteiger partial charge >= 0.3 is 0 Å². The average Bonchev–Trinajstić information content (AvgIpc) is 3.66. The molecule has 0 bridgehead atoms. The number of carbonyl (C=O) groups is 1. The zero-order valence-corrected chi connectivity index (χ0v) is 20.2. The highest BCUT2D eigenvalue weighted by molar-refractivity contribution is 5.78. The van der Waals surface area contributed by atoms with E-state index >= 15 is 0 Å². The van der Waals surface area contributed by atoms with Crippen LogP contribution in [0.5, 0.6) is 5.75 Å². The molecule has 3 aliphatic carbocycles. The van der Waals surface area contributed by atoms with Crippen molar-refractivity contribution in [1.82, 2.24) is 5.32 Å². The van der Waals surface area contributed by atoms with Crippen molar-refractivity contribution in [3.05, 3.63) is 65.5 Å². The van der Waals surface area contributed by atoms with Crippen LogP contribution in [0.2, 0.25) is 0 Å². The van der Waals surface area contributed by atoms with E-state index in [-0.39, 0.29) is 24.5 Å². The Morgan fingerprint density at radius 1 is 1.18 bits per heavy atom. The van der Waals surface area contributed by atoms with E-state index in [1.807, 2.05) is 37.3 Å². The smallest absolute Gasteiger partial charge is 0.234 e. The first-order chi connectivity index (χ1) is 16.6. The predicted molar refractivity (Wildman–Crippen MR) is 133 cm³/mol. The van der Waals surface area contributed by atoms with Gasteiger partial charge in [-0.05, 0) is 93.1 Å². The molecular weight excluding hydrogens is 424 g/mol. The first-order valence-electron chi connectivity index (χ1n) is 12.7. The van der Waals surface area contributed by atoms with Crippen LogP contribution in [-0.4, -0.2) is 18.6 Å². The van der Waals surface area contributed by atoms with E-state index in [1.165, 1.54) is 31.3 Å². The highest BCUT2D eigenvalue weighted by atomic mass is 16.5. The summed E-state index contributed by atoms with van der Waals surface area (Å²) in [7, 11) is 0. The first kappa shape index (κ1) is 24.1. The molecule has 3 aliphatic rings. The van der Waals surface area contributed by atoms with Gasteiger partial charge in [0.2, 0.25) is 5.91 Å². The maximum Gasteiger partial charge on any atom is 0.234 e. The van der Waals surface area contributed by atoms with Crippen LogP contribution >= 0.6 is 0 Å². The largest absolute Gasteiger partial charge is 0.497 e. The van der Waals surface area contributed by atoms with Gasteiger partial charge in [-0.15, -0.1) is 0 Å². The van der Waals surface area contributed by atoms with Crippen molar-refractivity contribution in [2.45, 2.75) is 76.9 Å². The second kappa shape index (κ2) is 11.9. The second-order valence-corrected chi connectivity index (χ2v) is 9.91. The topological polar surface area (TPSA) is 71.4 Å².